The van der Waals surface area contributed by atoms with E-state index in [1.807, 2.05) is 14.0 Å². The lowest BCUT2D eigenvalue weighted by molar-refractivity contribution is -0.0290. The molecule has 1 aromatic heterocycles. The van der Waals surface area contributed by atoms with Crippen molar-refractivity contribution in [2.45, 2.75) is 32.9 Å². The van der Waals surface area contributed by atoms with Gasteiger partial charge in [-0.05, 0) is 12.8 Å². The highest BCUT2D eigenvalue weighted by Crippen LogP contribution is 2.08. The minimum absolute atomic E-state index is 0.0402. The van der Waals surface area contributed by atoms with Crippen LogP contribution in [0.1, 0.15) is 32.6 Å². The second kappa shape index (κ2) is 8.26. The Kier molecular flexibility index (Phi) is 6.35. The fraction of sp³-hybridized carbons (Fsp3) is 0.800. The lowest BCUT2D eigenvalue weighted by atomic mass is 10.2. The molecule has 0 saturated carbocycles. The molecule has 130 valence electrons. The van der Waals surface area contributed by atoms with Crippen LogP contribution < -0.4 is 10.6 Å². The third kappa shape index (κ3) is 5.47. The number of aryl methyl sites for hydroxylation is 1. The highest BCUT2D eigenvalue weighted by Gasteiger charge is 2.22. The molecule has 1 fully saturated rings. The van der Waals surface area contributed by atoms with E-state index in [1.54, 1.807) is 10.9 Å². The van der Waals surface area contributed by atoms with Crippen LogP contribution in [0.3, 0.4) is 0 Å². The number of nitrogens with zero attached hydrogens (tertiary/aromatic N) is 4. The van der Waals surface area contributed by atoms with E-state index >= 15 is 0 Å². The highest BCUT2D eigenvalue weighted by molar-refractivity contribution is 5.74. The number of ether oxygens (including phenoxy) is 1. The molecule has 0 spiro atoms. The van der Waals surface area contributed by atoms with Crippen LogP contribution in [0.4, 0.5) is 4.79 Å². The van der Waals surface area contributed by atoms with Crippen LogP contribution in [0, 0.1) is 5.92 Å². The first-order valence-corrected chi connectivity index (χ1v) is 8.18. The number of amides is 2. The minimum atomic E-state index is -0.218. The maximum Gasteiger partial charge on any atom is 0.315 e. The first-order valence-electron chi connectivity index (χ1n) is 8.18. The summed E-state index contributed by atoms with van der Waals surface area (Å²) >= 11 is 0. The summed E-state index contributed by atoms with van der Waals surface area (Å²) in [5.74, 6) is 1.36. The second-order valence-electron chi connectivity index (χ2n) is 6.52. The van der Waals surface area contributed by atoms with E-state index in [4.69, 9.17) is 4.74 Å². The normalized spacial score (nSPS) is 20.5. The first-order chi connectivity index (χ1) is 11.0. The van der Waals surface area contributed by atoms with Crippen LogP contribution in [0.25, 0.3) is 0 Å². The Morgan fingerprint density at radius 2 is 2.26 bits per heavy atom. The van der Waals surface area contributed by atoms with E-state index in [0.29, 0.717) is 12.5 Å². The largest absolute Gasteiger partial charge is 0.374 e. The maximum absolute atomic E-state index is 12.0. The van der Waals surface area contributed by atoms with E-state index in [1.165, 1.54) is 0 Å². The van der Waals surface area contributed by atoms with Gasteiger partial charge < -0.3 is 19.9 Å². The van der Waals surface area contributed by atoms with Crippen molar-refractivity contribution in [3.63, 3.8) is 0 Å². The van der Waals surface area contributed by atoms with Gasteiger partial charge in [-0.2, -0.15) is 0 Å². The number of hydrogen-bond donors (Lipinski definition) is 2. The Morgan fingerprint density at radius 1 is 1.48 bits per heavy atom. The summed E-state index contributed by atoms with van der Waals surface area (Å²) in [5, 5.41) is 13.6. The number of aromatic nitrogens is 3. The van der Waals surface area contributed by atoms with Gasteiger partial charge in [-0.25, -0.2) is 4.79 Å². The lowest BCUT2D eigenvalue weighted by Gasteiger charge is -2.34. The predicted octanol–water partition coefficient (Wildman–Crippen LogP) is 0.532. The van der Waals surface area contributed by atoms with Gasteiger partial charge in [-0.15, -0.1) is 10.2 Å². The Bertz CT molecular complexity index is 504. The fourth-order valence-corrected chi connectivity index (χ4v) is 2.79. The number of carbonyl (C=O) groups is 1. The number of hydrogen-bond acceptors (Lipinski definition) is 5. The van der Waals surface area contributed by atoms with Crippen LogP contribution in [0.15, 0.2) is 6.33 Å². The molecule has 2 atom stereocenters. The second-order valence-corrected chi connectivity index (χ2v) is 6.52. The molecule has 0 unspecified atom stereocenters. The Hall–Kier alpha value is -1.67. The van der Waals surface area contributed by atoms with Gasteiger partial charge in [0.2, 0.25) is 0 Å². The summed E-state index contributed by atoms with van der Waals surface area (Å²) < 4.78 is 7.52. The molecular weight excluding hydrogens is 296 g/mol. The van der Waals surface area contributed by atoms with Crippen LogP contribution in [0.5, 0.6) is 0 Å². The maximum atomic E-state index is 12.0. The van der Waals surface area contributed by atoms with Gasteiger partial charge >= 0.3 is 6.03 Å². The van der Waals surface area contributed by atoms with Gasteiger partial charge in [-0.3, -0.25) is 4.90 Å². The fourth-order valence-electron chi connectivity index (χ4n) is 2.79. The van der Waals surface area contributed by atoms with Crippen molar-refractivity contribution < 1.29 is 9.53 Å². The van der Waals surface area contributed by atoms with Crippen molar-refractivity contribution in [1.29, 1.82) is 0 Å². The minimum Gasteiger partial charge on any atom is -0.374 e. The molecule has 0 radical (unpaired) electrons. The average Bonchev–Trinajstić information content (AvgIpc) is 2.91. The van der Waals surface area contributed by atoms with E-state index < -0.39 is 0 Å². The molecular formula is C15H28N6O2. The molecule has 23 heavy (non-hydrogen) atoms. The van der Waals surface area contributed by atoms with E-state index in [-0.39, 0.29) is 18.2 Å². The van der Waals surface area contributed by atoms with Crippen LogP contribution in [-0.2, 0) is 11.8 Å². The average molecular weight is 324 g/mol. The molecule has 1 aliphatic heterocycles. The summed E-state index contributed by atoms with van der Waals surface area (Å²) in [4.78, 5) is 14.4. The Labute approximate surface area is 137 Å². The summed E-state index contributed by atoms with van der Waals surface area (Å²) in [7, 11) is 1.85. The van der Waals surface area contributed by atoms with E-state index in [2.05, 4.69) is 39.6 Å². The molecule has 1 saturated heterocycles. The molecule has 0 aliphatic carbocycles. The number of nitrogens with one attached hydrogen (secondary N) is 2. The zero-order valence-corrected chi connectivity index (χ0v) is 14.5. The van der Waals surface area contributed by atoms with Crippen molar-refractivity contribution >= 4 is 6.03 Å². The smallest absolute Gasteiger partial charge is 0.315 e. The zero-order chi connectivity index (χ0) is 16.8. The molecule has 0 bridgehead atoms. The van der Waals surface area contributed by atoms with Gasteiger partial charge in [-0.1, -0.05) is 13.8 Å². The quantitative estimate of drug-likeness (QED) is 0.797. The van der Waals surface area contributed by atoms with Crippen molar-refractivity contribution in [3.8, 4) is 0 Å². The molecule has 1 aliphatic rings. The molecule has 1 aromatic rings. The highest BCUT2D eigenvalue weighted by atomic mass is 16.5. The summed E-state index contributed by atoms with van der Waals surface area (Å²) in [6.45, 7) is 10.4. The monoisotopic (exact) mass is 324 g/mol. The number of rotatable bonds is 6. The van der Waals surface area contributed by atoms with E-state index in [0.717, 1.165) is 32.1 Å². The van der Waals surface area contributed by atoms with Crippen LogP contribution in [-0.4, -0.2) is 64.6 Å². The Balaban J connectivity index is 1.72. The predicted molar refractivity (Wildman–Crippen MR) is 87.0 cm³/mol. The number of carbonyl (C=O) groups excluding carboxylic acids is 1. The molecule has 2 amide bonds. The molecule has 8 heteroatoms. The number of morpholine rings is 1. The summed E-state index contributed by atoms with van der Waals surface area (Å²) in [6, 6.07) is -0.419. The zero-order valence-electron chi connectivity index (χ0n) is 14.5. The van der Waals surface area contributed by atoms with Gasteiger partial charge in [0.15, 0.2) is 5.82 Å². The lowest BCUT2D eigenvalue weighted by Crippen LogP contribution is -2.50. The third-order valence-corrected chi connectivity index (χ3v) is 3.82. The van der Waals surface area contributed by atoms with Gasteiger partial charge in [0, 0.05) is 33.2 Å². The molecule has 0 aromatic carbocycles. The first kappa shape index (κ1) is 17.7. The molecule has 2 heterocycles. The van der Waals surface area contributed by atoms with Crippen molar-refractivity contribution in [2.24, 2.45) is 13.0 Å². The third-order valence-electron chi connectivity index (χ3n) is 3.82. The van der Waals surface area contributed by atoms with E-state index in [9.17, 15) is 4.79 Å². The summed E-state index contributed by atoms with van der Waals surface area (Å²) in [5.41, 5.74) is 0. The molecule has 2 N–H and O–H groups in total. The molecule has 2 rings (SSSR count). The van der Waals surface area contributed by atoms with Crippen LogP contribution >= 0.6 is 0 Å². The van der Waals surface area contributed by atoms with Gasteiger partial charge in [0.05, 0.1) is 18.8 Å². The number of urea groups is 1. The Morgan fingerprint density at radius 3 is 2.91 bits per heavy atom. The van der Waals surface area contributed by atoms with Gasteiger partial charge in [0.25, 0.3) is 0 Å². The SMILES string of the molecule is CC(C)CN1CCO[C@@H](CNC(=O)N[C@H](C)c2nncn2C)C1. The summed E-state index contributed by atoms with van der Waals surface area (Å²) in [6.07, 6.45) is 1.66. The van der Waals surface area contributed by atoms with Crippen molar-refractivity contribution in [3.05, 3.63) is 12.2 Å². The topological polar surface area (TPSA) is 84.3 Å². The van der Waals surface area contributed by atoms with Crippen molar-refractivity contribution in [2.75, 3.05) is 32.8 Å². The van der Waals surface area contributed by atoms with Gasteiger partial charge in [0.1, 0.15) is 6.33 Å². The molecule has 8 nitrogen and oxygen atoms in total. The standard InChI is InChI=1S/C15H28N6O2/c1-11(2)8-21-5-6-23-13(9-21)7-16-15(22)18-12(3)14-19-17-10-20(14)4/h10-13H,5-9H2,1-4H3,(H2,16,18,22)/t12-,13+/m1/s1. The van der Waals surface area contributed by atoms with Crippen LogP contribution in [0.2, 0.25) is 0 Å². The van der Waals surface area contributed by atoms with Crippen molar-refractivity contribution in [1.82, 2.24) is 30.3 Å².